The van der Waals surface area contributed by atoms with Crippen LogP contribution >= 0.6 is 0 Å². The lowest BCUT2D eigenvalue weighted by Gasteiger charge is -2.04. The quantitative estimate of drug-likeness (QED) is 0.625. The van der Waals surface area contributed by atoms with E-state index < -0.39 is 11.7 Å². The maximum atomic E-state index is 13.5. The lowest BCUT2D eigenvalue weighted by Crippen LogP contribution is -2.13. The summed E-state index contributed by atoms with van der Waals surface area (Å²) in [5.41, 5.74) is 7.56. The van der Waals surface area contributed by atoms with Gasteiger partial charge in [0.15, 0.2) is 0 Å². The largest absolute Gasteiger partial charge is 0.397 e. The minimum atomic E-state index is -0.475. The van der Waals surface area contributed by atoms with Crippen LogP contribution in [0.25, 0.3) is 10.9 Å². The molecule has 4 N–H and O–H groups in total. The van der Waals surface area contributed by atoms with E-state index in [9.17, 15) is 9.18 Å². The van der Waals surface area contributed by atoms with E-state index in [1.165, 1.54) is 12.1 Å². The normalized spacial score (nSPS) is 10.7. The Balaban J connectivity index is 1.93. The van der Waals surface area contributed by atoms with Gasteiger partial charge in [0, 0.05) is 5.39 Å². The fraction of sp³-hybridized carbons (Fsp3) is 0. The maximum absolute atomic E-state index is 13.5. The number of hydrogen-bond acceptors (Lipinski definition) is 2. The van der Waals surface area contributed by atoms with Crippen LogP contribution in [0, 0.1) is 5.82 Å². The molecule has 0 radical (unpaired) electrons. The molecule has 0 unspecified atom stereocenters. The number of hydrogen-bond donors (Lipinski definition) is 3. The van der Waals surface area contributed by atoms with Gasteiger partial charge in [0.2, 0.25) is 0 Å². The van der Waals surface area contributed by atoms with E-state index in [0.717, 1.165) is 5.39 Å². The molecule has 0 aliphatic rings. The van der Waals surface area contributed by atoms with Gasteiger partial charge >= 0.3 is 0 Å². The predicted octanol–water partition coefficient (Wildman–Crippen LogP) is 3.14. The number of carbonyl (C=O) groups excluding carboxylic acids is 1. The molecule has 1 aromatic heterocycles. The van der Waals surface area contributed by atoms with Crippen molar-refractivity contribution in [2.45, 2.75) is 0 Å². The highest BCUT2D eigenvalue weighted by molar-refractivity contribution is 6.07. The van der Waals surface area contributed by atoms with Gasteiger partial charge in [0.25, 0.3) is 5.91 Å². The van der Waals surface area contributed by atoms with Gasteiger partial charge in [-0.05, 0) is 24.3 Å². The smallest absolute Gasteiger partial charge is 0.272 e. The Morgan fingerprint density at radius 3 is 2.70 bits per heavy atom. The third-order valence-electron chi connectivity index (χ3n) is 3.06. The molecule has 3 rings (SSSR count). The molecule has 20 heavy (non-hydrogen) atoms. The number of amides is 1. The summed E-state index contributed by atoms with van der Waals surface area (Å²) >= 11 is 0. The highest BCUT2D eigenvalue weighted by Crippen LogP contribution is 2.22. The van der Waals surface area contributed by atoms with Gasteiger partial charge in [-0.2, -0.15) is 0 Å². The Hall–Kier alpha value is -2.82. The van der Waals surface area contributed by atoms with Crippen molar-refractivity contribution in [2.75, 3.05) is 11.1 Å². The van der Waals surface area contributed by atoms with Gasteiger partial charge in [-0.3, -0.25) is 4.79 Å². The van der Waals surface area contributed by atoms with Crippen LogP contribution in [0.1, 0.15) is 10.5 Å². The molecule has 0 aliphatic carbocycles. The van der Waals surface area contributed by atoms with Gasteiger partial charge < -0.3 is 16.0 Å². The number of carbonyl (C=O) groups is 1. The third-order valence-corrected chi connectivity index (χ3v) is 3.06. The summed E-state index contributed by atoms with van der Waals surface area (Å²) in [7, 11) is 0. The first-order valence-corrected chi connectivity index (χ1v) is 6.08. The van der Waals surface area contributed by atoms with E-state index in [2.05, 4.69) is 10.3 Å². The number of H-pyrrole nitrogens is 1. The summed E-state index contributed by atoms with van der Waals surface area (Å²) < 4.78 is 13.5. The minimum absolute atomic E-state index is 0.143. The van der Waals surface area contributed by atoms with Crippen LogP contribution in [0.5, 0.6) is 0 Å². The maximum Gasteiger partial charge on any atom is 0.272 e. The van der Waals surface area contributed by atoms with Gasteiger partial charge in [-0.25, -0.2) is 4.39 Å². The molecule has 100 valence electrons. The molecular weight excluding hydrogens is 257 g/mol. The fourth-order valence-electron chi connectivity index (χ4n) is 2.05. The zero-order valence-corrected chi connectivity index (χ0v) is 10.5. The van der Waals surface area contributed by atoms with Gasteiger partial charge in [0.1, 0.15) is 11.5 Å². The molecule has 0 fully saturated rings. The molecule has 0 spiro atoms. The van der Waals surface area contributed by atoms with Crippen LogP contribution in [0.2, 0.25) is 0 Å². The van der Waals surface area contributed by atoms with Crippen molar-refractivity contribution < 1.29 is 9.18 Å². The summed E-state index contributed by atoms with van der Waals surface area (Å²) in [5.74, 6) is -0.887. The zero-order valence-electron chi connectivity index (χ0n) is 10.5. The van der Waals surface area contributed by atoms with Crippen molar-refractivity contribution in [3.63, 3.8) is 0 Å². The second-order valence-electron chi connectivity index (χ2n) is 4.43. The number of anilines is 2. The van der Waals surface area contributed by atoms with E-state index >= 15 is 0 Å². The Kier molecular flexibility index (Phi) is 2.87. The molecule has 1 amide bonds. The molecular formula is C15H12FN3O. The third kappa shape index (κ3) is 2.09. The van der Waals surface area contributed by atoms with E-state index in [4.69, 9.17) is 5.73 Å². The highest BCUT2D eigenvalue weighted by atomic mass is 19.1. The summed E-state index contributed by atoms with van der Waals surface area (Å²) in [4.78, 5) is 15.0. The fourth-order valence-corrected chi connectivity index (χ4v) is 2.05. The van der Waals surface area contributed by atoms with E-state index in [0.29, 0.717) is 16.9 Å². The van der Waals surface area contributed by atoms with E-state index in [1.54, 1.807) is 24.3 Å². The topological polar surface area (TPSA) is 70.9 Å². The Morgan fingerprint density at radius 2 is 1.95 bits per heavy atom. The van der Waals surface area contributed by atoms with Crippen molar-refractivity contribution in [1.29, 1.82) is 0 Å². The molecule has 0 saturated carbocycles. The Morgan fingerprint density at radius 1 is 1.15 bits per heavy atom. The van der Waals surface area contributed by atoms with Gasteiger partial charge in [-0.1, -0.05) is 24.3 Å². The van der Waals surface area contributed by atoms with Crippen LogP contribution < -0.4 is 11.1 Å². The van der Waals surface area contributed by atoms with Crippen LogP contribution in [0.4, 0.5) is 15.8 Å². The van der Waals surface area contributed by atoms with Crippen LogP contribution in [-0.4, -0.2) is 10.9 Å². The summed E-state index contributed by atoms with van der Waals surface area (Å²) in [5, 5.41) is 3.36. The van der Waals surface area contributed by atoms with Crippen LogP contribution in [0.3, 0.4) is 0 Å². The number of halogens is 1. The molecule has 4 nitrogen and oxygen atoms in total. The van der Waals surface area contributed by atoms with Crippen LogP contribution in [-0.2, 0) is 0 Å². The molecule has 5 heteroatoms. The lowest BCUT2D eigenvalue weighted by atomic mass is 10.2. The summed E-state index contributed by atoms with van der Waals surface area (Å²) in [6, 6.07) is 13.1. The number of fused-ring (bicyclic) bond motifs is 1. The highest BCUT2D eigenvalue weighted by Gasteiger charge is 2.12. The molecule has 0 aliphatic heterocycles. The first kappa shape index (κ1) is 12.2. The van der Waals surface area contributed by atoms with Gasteiger partial charge in [0.05, 0.1) is 16.9 Å². The number of nitrogens with one attached hydrogen (secondary N) is 2. The first-order valence-electron chi connectivity index (χ1n) is 6.08. The lowest BCUT2D eigenvalue weighted by molar-refractivity contribution is 0.102. The molecule has 0 atom stereocenters. The van der Waals surface area contributed by atoms with E-state index in [1.807, 2.05) is 12.1 Å². The number of para-hydroxylation sites is 2. The number of nitrogens with two attached hydrogens (primary N) is 1. The standard InChI is InChI=1S/C15H12FN3O/c16-10-5-1-2-7-12(10)19-15(20)13-8-9-4-3-6-11(17)14(9)18-13/h1-8,18H,17H2,(H,19,20). The van der Waals surface area contributed by atoms with E-state index in [-0.39, 0.29) is 5.69 Å². The number of benzene rings is 2. The minimum Gasteiger partial charge on any atom is -0.397 e. The molecule has 2 aromatic carbocycles. The first-order chi connectivity index (χ1) is 9.65. The van der Waals surface area contributed by atoms with Crippen molar-refractivity contribution in [3.05, 3.63) is 60.0 Å². The molecule has 1 heterocycles. The summed E-state index contributed by atoms with van der Waals surface area (Å²) in [6.07, 6.45) is 0. The SMILES string of the molecule is Nc1cccc2cc(C(=O)Nc3ccccc3F)[nH]c12. The number of aromatic amines is 1. The monoisotopic (exact) mass is 269 g/mol. The van der Waals surface area contributed by atoms with Crippen LogP contribution in [0.15, 0.2) is 48.5 Å². The average molecular weight is 269 g/mol. The second kappa shape index (κ2) is 4.70. The molecule has 3 aromatic rings. The number of rotatable bonds is 2. The Bertz CT molecular complexity index is 795. The average Bonchev–Trinajstić information content (AvgIpc) is 2.87. The zero-order chi connectivity index (χ0) is 14.1. The second-order valence-corrected chi connectivity index (χ2v) is 4.43. The van der Waals surface area contributed by atoms with Crippen molar-refractivity contribution in [3.8, 4) is 0 Å². The van der Waals surface area contributed by atoms with Crippen molar-refractivity contribution >= 4 is 28.2 Å². The van der Waals surface area contributed by atoms with Crippen molar-refractivity contribution in [1.82, 2.24) is 4.98 Å². The summed E-state index contributed by atoms with van der Waals surface area (Å²) in [6.45, 7) is 0. The van der Waals surface area contributed by atoms with Gasteiger partial charge in [-0.15, -0.1) is 0 Å². The predicted molar refractivity (Wildman–Crippen MR) is 77.1 cm³/mol. The van der Waals surface area contributed by atoms with Crippen molar-refractivity contribution in [2.24, 2.45) is 0 Å². The Labute approximate surface area is 114 Å². The molecule has 0 saturated heterocycles. The molecule has 0 bridgehead atoms. The number of aromatic nitrogens is 1. The number of nitrogen functional groups attached to an aromatic ring is 1.